The van der Waals surface area contributed by atoms with Crippen LogP contribution in [0.3, 0.4) is 0 Å². The van der Waals surface area contributed by atoms with E-state index in [0.29, 0.717) is 11.3 Å². The van der Waals surface area contributed by atoms with Crippen molar-refractivity contribution in [3.8, 4) is 5.75 Å². The molecule has 0 saturated heterocycles. The number of benzene rings is 1. The van der Waals surface area contributed by atoms with Crippen LogP contribution < -0.4 is 5.32 Å². The van der Waals surface area contributed by atoms with Crippen LogP contribution in [0.4, 0.5) is 5.69 Å². The van der Waals surface area contributed by atoms with Crippen LogP contribution in [-0.4, -0.2) is 20.8 Å². The van der Waals surface area contributed by atoms with Crippen LogP contribution in [0.1, 0.15) is 16.1 Å². The van der Waals surface area contributed by atoms with Gasteiger partial charge in [-0.25, -0.2) is 0 Å². The quantitative estimate of drug-likeness (QED) is 0.773. The molecule has 0 bridgehead atoms. The molecule has 0 saturated carbocycles. The molecular formula is C12H13N3O2. The molecule has 5 nitrogen and oxygen atoms in total. The molecule has 0 unspecified atom stereocenters. The van der Waals surface area contributed by atoms with E-state index in [4.69, 9.17) is 5.11 Å². The van der Waals surface area contributed by atoms with Crippen molar-refractivity contribution in [3.63, 3.8) is 0 Å². The van der Waals surface area contributed by atoms with Crippen LogP contribution in [0.25, 0.3) is 0 Å². The Kier molecular flexibility index (Phi) is 2.82. The highest BCUT2D eigenvalue weighted by Gasteiger charge is 2.12. The Morgan fingerprint density at radius 3 is 2.53 bits per heavy atom. The summed E-state index contributed by atoms with van der Waals surface area (Å²) in [6, 6.07) is 6.31. The van der Waals surface area contributed by atoms with E-state index in [-0.39, 0.29) is 11.7 Å². The molecule has 1 aromatic heterocycles. The third-order valence-corrected chi connectivity index (χ3v) is 2.61. The summed E-state index contributed by atoms with van der Waals surface area (Å²) >= 11 is 0. The molecule has 88 valence electrons. The molecule has 0 fully saturated rings. The number of hydrogen-bond donors (Lipinski definition) is 2. The van der Waals surface area contributed by atoms with Gasteiger partial charge in [0.15, 0.2) is 0 Å². The van der Waals surface area contributed by atoms with Crippen molar-refractivity contribution in [2.75, 3.05) is 5.32 Å². The lowest BCUT2D eigenvalue weighted by Crippen LogP contribution is -2.12. The summed E-state index contributed by atoms with van der Waals surface area (Å²) < 4.78 is 1.64. The molecule has 2 N–H and O–H groups in total. The number of carbonyl (C=O) groups is 1. The molecule has 0 atom stereocenters. The maximum atomic E-state index is 11.9. The molecular weight excluding hydrogens is 218 g/mol. The van der Waals surface area contributed by atoms with E-state index in [9.17, 15) is 4.79 Å². The fraction of sp³-hybridized carbons (Fsp3) is 0.167. The van der Waals surface area contributed by atoms with E-state index >= 15 is 0 Å². The second-order valence-electron chi connectivity index (χ2n) is 3.77. The van der Waals surface area contributed by atoms with Crippen molar-refractivity contribution < 1.29 is 9.90 Å². The van der Waals surface area contributed by atoms with Gasteiger partial charge in [0.2, 0.25) is 0 Å². The minimum absolute atomic E-state index is 0.167. The van der Waals surface area contributed by atoms with E-state index in [0.717, 1.165) is 5.69 Å². The number of phenols is 1. The van der Waals surface area contributed by atoms with Crippen molar-refractivity contribution in [3.05, 3.63) is 41.7 Å². The van der Waals surface area contributed by atoms with E-state index in [1.54, 1.807) is 23.9 Å². The van der Waals surface area contributed by atoms with Crippen molar-refractivity contribution in [1.82, 2.24) is 9.78 Å². The Morgan fingerprint density at radius 1 is 1.35 bits per heavy atom. The van der Waals surface area contributed by atoms with Crippen LogP contribution in [0.15, 0.2) is 30.5 Å². The number of aromatic nitrogens is 2. The third kappa shape index (κ3) is 2.28. The number of rotatable bonds is 2. The van der Waals surface area contributed by atoms with Gasteiger partial charge in [0.25, 0.3) is 5.91 Å². The number of anilines is 1. The fourth-order valence-electron chi connectivity index (χ4n) is 1.46. The van der Waals surface area contributed by atoms with Crippen molar-refractivity contribution in [1.29, 1.82) is 0 Å². The second kappa shape index (κ2) is 4.29. The summed E-state index contributed by atoms with van der Waals surface area (Å²) in [5, 5.41) is 15.9. The molecule has 0 aliphatic heterocycles. The maximum absolute atomic E-state index is 11.9. The number of hydrogen-bond acceptors (Lipinski definition) is 3. The minimum atomic E-state index is -0.207. The SMILES string of the molecule is Cc1c(C(=O)Nc2ccc(O)cc2)cnn1C. The lowest BCUT2D eigenvalue weighted by Gasteiger charge is -2.04. The zero-order valence-electron chi connectivity index (χ0n) is 9.64. The molecule has 17 heavy (non-hydrogen) atoms. The minimum Gasteiger partial charge on any atom is -0.508 e. The number of nitrogens with zero attached hydrogens (tertiary/aromatic N) is 2. The van der Waals surface area contributed by atoms with Gasteiger partial charge in [-0.3, -0.25) is 9.48 Å². The average molecular weight is 231 g/mol. The van der Waals surface area contributed by atoms with Gasteiger partial charge in [0.05, 0.1) is 11.8 Å². The van der Waals surface area contributed by atoms with E-state index in [1.165, 1.54) is 18.3 Å². The van der Waals surface area contributed by atoms with Crippen molar-refractivity contribution in [2.24, 2.45) is 7.05 Å². The first-order valence-corrected chi connectivity index (χ1v) is 5.17. The van der Waals surface area contributed by atoms with Crippen LogP contribution in [-0.2, 0) is 7.05 Å². The van der Waals surface area contributed by atoms with Gasteiger partial charge in [-0.1, -0.05) is 0 Å². The van der Waals surface area contributed by atoms with Gasteiger partial charge in [-0.2, -0.15) is 5.10 Å². The first-order valence-electron chi connectivity index (χ1n) is 5.17. The van der Waals surface area contributed by atoms with Crippen molar-refractivity contribution >= 4 is 11.6 Å². The topological polar surface area (TPSA) is 67.2 Å². The lowest BCUT2D eigenvalue weighted by atomic mass is 10.2. The second-order valence-corrected chi connectivity index (χ2v) is 3.77. The molecule has 5 heteroatoms. The standard InChI is InChI=1S/C12H13N3O2/c1-8-11(7-13-15(8)2)12(17)14-9-3-5-10(16)6-4-9/h3-7,16H,1-2H3,(H,14,17). The van der Waals surface area contributed by atoms with Gasteiger partial charge in [0.1, 0.15) is 5.75 Å². The van der Waals surface area contributed by atoms with E-state index < -0.39 is 0 Å². The third-order valence-electron chi connectivity index (χ3n) is 2.61. The molecule has 1 heterocycles. The van der Waals surface area contributed by atoms with E-state index in [2.05, 4.69) is 10.4 Å². The summed E-state index contributed by atoms with van der Waals surface area (Å²) in [5.41, 5.74) is 1.98. The Balaban J connectivity index is 2.17. The van der Waals surface area contributed by atoms with Crippen LogP contribution in [0.2, 0.25) is 0 Å². The molecule has 0 spiro atoms. The highest BCUT2D eigenvalue weighted by Crippen LogP contribution is 2.15. The summed E-state index contributed by atoms with van der Waals surface area (Å²) in [4.78, 5) is 11.9. The number of aryl methyl sites for hydroxylation is 1. The molecule has 1 aromatic carbocycles. The van der Waals surface area contributed by atoms with Crippen LogP contribution in [0, 0.1) is 6.92 Å². The Morgan fingerprint density at radius 2 is 2.00 bits per heavy atom. The highest BCUT2D eigenvalue weighted by molar-refractivity contribution is 6.04. The molecule has 2 rings (SSSR count). The van der Waals surface area contributed by atoms with Gasteiger partial charge < -0.3 is 10.4 Å². The largest absolute Gasteiger partial charge is 0.508 e. The maximum Gasteiger partial charge on any atom is 0.259 e. The predicted molar refractivity (Wildman–Crippen MR) is 64.0 cm³/mol. The average Bonchev–Trinajstić information content (AvgIpc) is 2.63. The molecule has 2 aromatic rings. The van der Waals surface area contributed by atoms with Crippen molar-refractivity contribution in [2.45, 2.75) is 6.92 Å². The molecule has 0 aliphatic carbocycles. The summed E-state index contributed by atoms with van der Waals surface area (Å²) in [6.45, 7) is 1.83. The Labute approximate surface area is 98.7 Å². The summed E-state index contributed by atoms with van der Waals surface area (Å²) in [6.07, 6.45) is 1.53. The van der Waals surface area contributed by atoms with Gasteiger partial charge >= 0.3 is 0 Å². The Bertz CT molecular complexity index is 543. The Hall–Kier alpha value is -2.30. The first kappa shape index (κ1) is 11.2. The number of amides is 1. The summed E-state index contributed by atoms with van der Waals surface area (Å²) in [7, 11) is 1.78. The van der Waals surface area contributed by atoms with E-state index in [1.807, 2.05) is 6.92 Å². The zero-order valence-corrected chi connectivity index (χ0v) is 9.64. The summed E-state index contributed by atoms with van der Waals surface area (Å²) in [5.74, 6) is -0.0400. The van der Waals surface area contributed by atoms with Crippen LogP contribution in [0.5, 0.6) is 5.75 Å². The number of aromatic hydroxyl groups is 1. The molecule has 0 radical (unpaired) electrons. The smallest absolute Gasteiger partial charge is 0.259 e. The lowest BCUT2D eigenvalue weighted by molar-refractivity contribution is 0.102. The first-order chi connectivity index (χ1) is 8.08. The van der Waals surface area contributed by atoms with Crippen LogP contribution >= 0.6 is 0 Å². The highest BCUT2D eigenvalue weighted by atomic mass is 16.3. The monoisotopic (exact) mass is 231 g/mol. The van der Waals surface area contributed by atoms with Gasteiger partial charge in [-0.15, -0.1) is 0 Å². The van der Waals surface area contributed by atoms with Gasteiger partial charge in [-0.05, 0) is 31.2 Å². The molecule has 1 amide bonds. The fourth-order valence-corrected chi connectivity index (χ4v) is 1.46. The predicted octanol–water partition coefficient (Wildman–Crippen LogP) is 1.69. The normalized spacial score (nSPS) is 10.2. The number of phenolic OH excluding ortho intramolecular Hbond substituents is 1. The van der Waals surface area contributed by atoms with Gasteiger partial charge in [0, 0.05) is 18.4 Å². The number of nitrogens with one attached hydrogen (secondary N) is 1. The zero-order chi connectivity index (χ0) is 12.4. The number of carbonyl (C=O) groups excluding carboxylic acids is 1. The molecule has 0 aliphatic rings.